The van der Waals surface area contributed by atoms with Crippen molar-refractivity contribution in [2.24, 2.45) is 5.10 Å². The van der Waals surface area contributed by atoms with Crippen LogP contribution >= 0.6 is 11.3 Å². The van der Waals surface area contributed by atoms with Gasteiger partial charge in [0.2, 0.25) is 5.91 Å². The zero-order chi connectivity index (χ0) is 22.5. The maximum atomic E-state index is 12.4. The first kappa shape index (κ1) is 20.8. The van der Waals surface area contributed by atoms with Crippen LogP contribution < -0.4 is 5.43 Å². The van der Waals surface area contributed by atoms with E-state index in [9.17, 15) is 4.79 Å². The molecular formula is C27H22N4OS. The first-order valence-electron chi connectivity index (χ1n) is 10.7. The minimum atomic E-state index is -0.191. The number of amides is 1. The number of hydrazone groups is 1. The Morgan fingerprint density at radius 1 is 0.970 bits per heavy atom. The van der Waals surface area contributed by atoms with Gasteiger partial charge in [0.15, 0.2) is 0 Å². The van der Waals surface area contributed by atoms with E-state index in [4.69, 9.17) is 0 Å². The van der Waals surface area contributed by atoms with Crippen molar-refractivity contribution < 1.29 is 4.79 Å². The fourth-order valence-electron chi connectivity index (χ4n) is 3.77. The summed E-state index contributed by atoms with van der Waals surface area (Å²) in [7, 11) is 0. The smallest absolute Gasteiger partial charge is 0.246 e. The molecule has 3 aromatic carbocycles. The molecule has 6 heteroatoms. The molecule has 5 aromatic rings. The Morgan fingerprint density at radius 3 is 2.52 bits per heavy atom. The van der Waals surface area contributed by atoms with Crippen LogP contribution in [0.5, 0.6) is 0 Å². The molecule has 2 aromatic heterocycles. The minimum Gasteiger partial charge on any atom is -0.342 e. The minimum absolute atomic E-state index is 0.191. The topological polar surface area (TPSA) is 59.3 Å². The Hall–Kier alpha value is -4.03. The van der Waals surface area contributed by atoms with Crippen molar-refractivity contribution in [3.63, 3.8) is 0 Å². The lowest BCUT2D eigenvalue weighted by Crippen LogP contribution is -2.19. The predicted molar refractivity (Wildman–Crippen MR) is 134 cm³/mol. The van der Waals surface area contributed by atoms with Gasteiger partial charge in [-0.15, -0.1) is 11.3 Å². The fourth-order valence-corrected chi connectivity index (χ4v) is 4.59. The molecule has 162 valence electrons. The number of hydrogen-bond acceptors (Lipinski definition) is 4. The second-order valence-corrected chi connectivity index (χ2v) is 8.55. The van der Waals surface area contributed by atoms with E-state index < -0.39 is 0 Å². The van der Waals surface area contributed by atoms with Crippen LogP contribution in [0.2, 0.25) is 0 Å². The first-order valence-corrected chi connectivity index (χ1v) is 11.6. The molecule has 0 bridgehead atoms. The molecule has 1 N–H and O–H groups in total. The number of nitrogens with zero attached hydrogens (tertiary/aromatic N) is 3. The Bertz CT molecular complexity index is 1400. The van der Waals surface area contributed by atoms with Crippen molar-refractivity contribution in [3.8, 4) is 10.6 Å². The molecule has 0 radical (unpaired) electrons. The predicted octanol–water partition coefficient (Wildman–Crippen LogP) is 5.51. The molecule has 0 saturated heterocycles. The highest BCUT2D eigenvalue weighted by molar-refractivity contribution is 7.13. The number of thiazole rings is 1. The van der Waals surface area contributed by atoms with Gasteiger partial charge in [-0.25, -0.2) is 10.4 Å². The maximum absolute atomic E-state index is 12.4. The van der Waals surface area contributed by atoms with Gasteiger partial charge in [-0.3, -0.25) is 4.79 Å². The van der Waals surface area contributed by atoms with E-state index in [1.165, 1.54) is 16.9 Å². The second-order valence-electron chi connectivity index (χ2n) is 7.70. The molecule has 0 aliphatic heterocycles. The number of carbonyl (C=O) groups is 1. The second kappa shape index (κ2) is 9.63. The lowest BCUT2D eigenvalue weighted by Gasteiger charge is -2.05. The van der Waals surface area contributed by atoms with Crippen LogP contribution in [-0.4, -0.2) is 21.7 Å². The summed E-state index contributed by atoms with van der Waals surface area (Å²) < 4.78 is 2.20. The van der Waals surface area contributed by atoms with Gasteiger partial charge < -0.3 is 4.57 Å². The summed E-state index contributed by atoms with van der Waals surface area (Å²) in [4.78, 5) is 17.0. The number of para-hydroxylation sites is 1. The summed E-state index contributed by atoms with van der Waals surface area (Å²) in [6.45, 7) is 0.773. The highest BCUT2D eigenvalue weighted by Gasteiger charge is 2.10. The van der Waals surface area contributed by atoms with Crippen molar-refractivity contribution in [1.82, 2.24) is 15.0 Å². The molecule has 0 aliphatic rings. The number of hydrogen-bond donors (Lipinski definition) is 1. The molecule has 0 saturated carbocycles. The van der Waals surface area contributed by atoms with E-state index >= 15 is 0 Å². The highest BCUT2D eigenvalue weighted by Crippen LogP contribution is 2.23. The number of benzene rings is 3. The molecule has 0 aliphatic carbocycles. The molecular weight excluding hydrogens is 428 g/mol. The summed E-state index contributed by atoms with van der Waals surface area (Å²) in [5.74, 6) is -0.191. The van der Waals surface area contributed by atoms with Gasteiger partial charge in [0.25, 0.3) is 0 Å². The van der Waals surface area contributed by atoms with Crippen LogP contribution in [0.25, 0.3) is 21.5 Å². The van der Waals surface area contributed by atoms with Gasteiger partial charge in [0.1, 0.15) is 5.01 Å². The van der Waals surface area contributed by atoms with E-state index in [0.29, 0.717) is 0 Å². The van der Waals surface area contributed by atoms with Gasteiger partial charge in [0, 0.05) is 40.2 Å². The zero-order valence-electron chi connectivity index (χ0n) is 17.9. The number of rotatable bonds is 7. The highest BCUT2D eigenvalue weighted by atomic mass is 32.1. The van der Waals surface area contributed by atoms with Crippen molar-refractivity contribution in [2.45, 2.75) is 13.0 Å². The van der Waals surface area contributed by atoms with Gasteiger partial charge >= 0.3 is 0 Å². The van der Waals surface area contributed by atoms with E-state index in [0.717, 1.165) is 39.3 Å². The lowest BCUT2D eigenvalue weighted by molar-refractivity contribution is -0.120. The van der Waals surface area contributed by atoms with Crippen LogP contribution in [0.15, 0.2) is 102 Å². The Kier molecular flexibility index (Phi) is 6.08. The summed E-state index contributed by atoms with van der Waals surface area (Å²) in [6.07, 6.45) is 3.97. The largest absolute Gasteiger partial charge is 0.342 e. The van der Waals surface area contributed by atoms with Crippen LogP contribution in [0.1, 0.15) is 16.8 Å². The molecule has 0 unspecified atom stereocenters. The van der Waals surface area contributed by atoms with E-state index in [-0.39, 0.29) is 12.3 Å². The molecule has 1 amide bonds. The monoisotopic (exact) mass is 450 g/mol. The third-order valence-corrected chi connectivity index (χ3v) is 6.26. The van der Waals surface area contributed by atoms with Crippen molar-refractivity contribution in [1.29, 1.82) is 0 Å². The average Bonchev–Trinajstić information content (AvgIpc) is 3.46. The molecule has 5 nitrogen and oxygen atoms in total. The first-order chi connectivity index (χ1) is 16.3. The van der Waals surface area contributed by atoms with Crippen LogP contribution in [-0.2, 0) is 17.8 Å². The van der Waals surface area contributed by atoms with Crippen molar-refractivity contribution >= 4 is 34.4 Å². The molecule has 0 fully saturated rings. The number of carbonyl (C=O) groups excluding carboxylic acids is 1. The van der Waals surface area contributed by atoms with Crippen LogP contribution in [0.4, 0.5) is 0 Å². The van der Waals surface area contributed by atoms with Crippen LogP contribution in [0.3, 0.4) is 0 Å². The summed E-state index contributed by atoms with van der Waals surface area (Å²) in [6, 6.07) is 28.5. The number of nitrogens with one attached hydrogen (secondary N) is 1. The Labute approximate surface area is 196 Å². The van der Waals surface area contributed by atoms with Crippen molar-refractivity contribution in [2.75, 3.05) is 0 Å². The summed E-state index contributed by atoms with van der Waals surface area (Å²) >= 11 is 1.54. The molecule has 2 heterocycles. The van der Waals surface area contributed by atoms with Gasteiger partial charge in [-0.1, -0.05) is 78.9 Å². The quantitative estimate of drug-likeness (QED) is 0.263. The molecule has 0 spiro atoms. The summed E-state index contributed by atoms with van der Waals surface area (Å²) in [5.41, 5.74) is 7.75. The Balaban J connectivity index is 1.26. The Morgan fingerprint density at radius 2 is 1.70 bits per heavy atom. The summed E-state index contributed by atoms with van der Waals surface area (Å²) in [5, 5.41) is 8.14. The van der Waals surface area contributed by atoms with E-state index in [1.807, 2.05) is 66.0 Å². The van der Waals surface area contributed by atoms with Gasteiger partial charge in [-0.05, 0) is 11.6 Å². The standard InChI is InChI=1S/C27H22N4OS/c32-26(15-23-19-33-27(29-23)21-11-5-2-6-12-21)30-28-16-22-18-31(17-20-9-3-1-4-10-20)25-14-8-7-13-24(22)25/h1-14,16,18-19H,15,17H2,(H,30,32)/b28-16+. The number of aromatic nitrogens is 2. The van der Waals surface area contributed by atoms with E-state index in [2.05, 4.69) is 50.5 Å². The van der Waals surface area contributed by atoms with Gasteiger partial charge in [-0.2, -0.15) is 5.10 Å². The number of fused-ring (bicyclic) bond motifs is 1. The lowest BCUT2D eigenvalue weighted by atomic mass is 10.2. The van der Waals surface area contributed by atoms with Crippen molar-refractivity contribution in [3.05, 3.63) is 113 Å². The maximum Gasteiger partial charge on any atom is 0.246 e. The third-order valence-electron chi connectivity index (χ3n) is 5.32. The normalized spacial score (nSPS) is 11.3. The third kappa shape index (κ3) is 4.91. The average molecular weight is 451 g/mol. The van der Waals surface area contributed by atoms with E-state index in [1.54, 1.807) is 6.21 Å². The molecule has 0 atom stereocenters. The van der Waals surface area contributed by atoms with Gasteiger partial charge in [0.05, 0.1) is 18.3 Å². The molecule has 33 heavy (non-hydrogen) atoms. The fraction of sp³-hybridized carbons (Fsp3) is 0.0741. The SMILES string of the molecule is O=C(Cc1csc(-c2ccccc2)n1)N/N=C/c1cn(Cc2ccccc2)c2ccccc12. The van der Waals surface area contributed by atoms with Crippen LogP contribution in [0, 0.1) is 0 Å². The zero-order valence-corrected chi connectivity index (χ0v) is 18.7. The molecule has 5 rings (SSSR count).